The predicted molar refractivity (Wildman–Crippen MR) is 53.7 cm³/mol. The molecule has 2 aromatic heterocycles. The van der Waals surface area contributed by atoms with Crippen LogP contribution in [0, 0.1) is 0 Å². The normalized spacial score (nSPS) is 10.6. The molecule has 14 heavy (non-hydrogen) atoms. The van der Waals surface area contributed by atoms with Crippen molar-refractivity contribution in [1.82, 2.24) is 9.55 Å². The molecule has 72 valence electrons. The highest BCUT2D eigenvalue weighted by Gasteiger charge is 2.04. The second-order valence-corrected chi connectivity index (χ2v) is 3.05. The van der Waals surface area contributed by atoms with E-state index in [1.807, 2.05) is 22.9 Å². The van der Waals surface area contributed by atoms with Crippen molar-refractivity contribution < 1.29 is 4.79 Å². The molecule has 2 N–H and O–H groups in total. The van der Waals surface area contributed by atoms with Gasteiger partial charge in [0.15, 0.2) is 0 Å². The largest absolute Gasteiger partial charge is 0.326 e. The van der Waals surface area contributed by atoms with E-state index in [1.54, 1.807) is 6.20 Å². The Kier molecular flexibility index (Phi) is 2.28. The van der Waals surface area contributed by atoms with Crippen LogP contribution in [0.5, 0.6) is 0 Å². The lowest BCUT2D eigenvalue weighted by Gasteiger charge is -2.01. The predicted octanol–water partition coefficient (Wildman–Crippen LogP) is 0.694. The van der Waals surface area contributed by atoms with Gasteiger partial charge in [0.2, 0.25) is 0 Å². The maximum absolute atomic E-state index is 10.4. The van der Waals surface area contributed by atoms with E-state index in [-0.39, 0.29) is 0 Å². The van der Waals surface area contributed by atoms with Crippen LogP contribution in [0.1, 0.15) is 5.56 Å². The van der Waals surface area contributed by atoms with Gasteiger partial charge in [0.25, 0.3) is 0 Å². The van der Waals surface area contributed by atoms with Crippen LogP contribution >= 0.6 is 0 Å². The van der Waals surface area contributed by atoms with Gasteiger partial charge in [-0.25, -0.2) is 4.98 Å². The van der Waals surface area contributed by atoms with E-state index in [2.05, 4.69) is 4.98 Å². The second kappa shape index (κ2) is 3.59. The molecule has 0 unspecified atom stereocenters. The zero-order chi connectivity index (χ0) is 9.97. The Hall–Kier alpha value is -1.68. The fourth-order valence-electron chi connectivity index (χ4n) is 1.55. The van der Waals surface area contributed by atoms with Crippen LogP contribution in [0.15, 0.2) is 24.5 Å². The smallest absolute Gasteiger partial charge is 0.140 e. The summed E-state index contributed by atoms with van der Waals surface area (Å²) in [5.41, 5.74) is 7.47. The topological polar surface area (TPSA) is 60.9 Å². The quantitative estimate of drug-likeness (QED) is 0.723. The summed E-state index contributed by atoms with van der Waals surface area (Å²) in [4.78, 5) is 14.6. The number of fused-ring (bicyclic) bond motifs is 1. The molecule has 0 aromatic carbocycles. The minimum atomic E-state index is 0.338. The van der Waals surface area contributed by atoms with E-state index < -0.39 is 0 Å². The Morgan fingerprint density at radius 1 is 1.50 bits per heavy atom. The van der Waals surface area contributed by atoms with Crippen LogP contribution in [0.4, 0.5) is 0 Å². The molecule has 4 heteroatoms. The summed E-state index contributed by atoms with van der Waals surface area (Å²) >= 11 is 0. The van der Waals surface area contributed by atoms with Crippen molar-refractivity contribution >= 4 is 17.3 Å². The van der Waals surface area contributed by atoms with E-state index >= 15 is 0 Å². The zero-order valence-electron chi connectivity index (χ0n) is 7.68. The van der Waals surface area contributed by atoms with Gasteiger partial charge in [-0.15, -0.1) is 0 Å². The molecule has 0 aliphatic carbocycles. The number of rotatable bonds is 3. The first-order valence-electron chi connectivity index (χ1n) is 4.43. The van der Waals surface area contributed by atoms with Crippen molar-refractivity contribution in [2.45, 2.75) is 13.1 Å². The fraction of sp³-hybridized carbons (Fsp3) is 0.200. The number of carbonyl (C=O) groups is 1. The zero-order valence-corrected chi connectivity index (χ0v) is 7.68. The van der Waals surface area contributed by atoms with Gasteiger partial charge in [-0.05, 0) is 17.7 Å². The molecule has 0 aliphatic rings. The van der Waals surface area contributed by atoms with Gasteiger partial charge in [-0.3, -0.25) is 0 Å². The highest BCUT2D eigenvalue weighted by Crippen LogP contribution is 2.16. The Labute approximate surface area is 81.3 Å². The van der Waals surface area contributed by atoms with Crippen molar-refractivity contribution in [3.8, 4) is 0 Å². The van der Waals surface area contributed by atoms with Crippen molar-refractivity contribution in [3.05, 3.63) is 30.1 Å². The number of carbonyl (C=O) groups excluding carboxylic acids is 1. The molecular formula is C10H11N3O. The molecule has 0 saturated heterocycles. The van der Waals surface area contributed by atoms with Gasteiger partial charge in [-0.2, -0.15) is 0 Å². The molecule has 2 rings (SSSR count). The van der Waals surface area contributed by atoms with E-state index in [4.69, 9.17) is 5.73 Å². The van der Waals surface area contributed by atoms with Gasteiger partial charge in [0.1, 0.15) is 11.9 Å². The van der Waals surface area contributed by atoms with Crippen LogP contribution in [-0.4, -0.2) is 15.8 Å². The third kappa shape index (κ3) is 1.29. The molecule has 2 heterocycles. The Bertz CT molecular complexity index is 461. The van der Waals surface area contributed by atoms with Crippen LogP contribution in [0.3, 0.4) is 0 Å². The summed E-state index contributed by atoms with van der Waals surface area (Å²) in [6.07, 6.45) is 4.42. The summed E-state index contributed by atoms with van der Waals surface area (Å²) in [5, 5.41) is 1.02. The van der Waals surface area contributed by atoms with E-state index in [1.165, 1.54) is 0 Å². The number of nitrogens with two attached hydrogens (primary N) is 1. The van der Waals surface area contributed by atoms with Crippen molar-refractivity contribution in [3.63, 3.8) is 0 Å². The molecule has 0 fully saturated rings. The van der Waals surface area contributed by atoms with Crippen molar-refractivity contribution in [1.29, 1.82) is 0 Å². The van der Waals surface area contributed by atoms with E-state index in [9.17, 15) is 4.79 Å². The average molecular weight is 189 g/mol. The van der Waals surface area contributed by atoms with Crippen LogP contribution in [0.25, 0.3) is 11.0 Å². The van der Waals surface area contributed by atoms with E-state index in [0.717, 1.165) is 22.9 Å². The minimum Gasteiger partial charge on any atom is -0.326 e. The standard InChI is InChI=1S/C10H11N3O/c11-7-8-1-3-12-10-9(8)2-4-13(10)5-6-14/h1-4,6H,5,7,11H2. The molecule has 0 atom stereocenters. The average Bonchev–Trinajstić information content (AvgIpc) is 2.62. The maximum atomic E-state index is 10.4. The molecule has 0 aliphatic heterocycles. The Balaban J connectivity index is 2.63. The molecule has 0 amide bonds. The highest BCUT2D eigenvalue weighted by molar-refractivity contribution is 5.80. The summed E-state index contributed by atoms with van der Waals surface area (Å²) in [7, 11) is 0. The van der Waals surface area contributed by atoms with Gasteiger partial charge < -0.3 is 15.1 Å². The second-order valence-electron chi connectivity index (χ2n) is 3.05. The summed E-state index contributed by atoms with van der Waals surface area (Å²) in [5.74, 6) is 0. The molecule has 0 spiro atoms. The van der Waals surface area contributed by atoms with Gasteiger partial charge >= 0.3 is 0 Å². The number of pyridine rings is 1. The fourth-order valence-corrected chi connectivity index (χ4v) is 1.55. The number of aldehydes is 1. The first-order chi connectivity index (χ1) is 6.86. The van der Waals surface area contributed by atoms with E-state index in [0.29, 0.717) is 13.1 Å². The monoisotopic (exact) mass is 189 g/mol. The van der Waals surface area contributed by atoms with Crippen molar-refractivity contribution in [2.24, 2.45) is 5.73 Å². The molecular weight excluding hydrogens is 178 g/mol. The Morgan fingerprint density at radius 3 is 3.07 bits per heavy atom. The Morgan fingerprint density at radius 2 is 2.36 bits per heavy atom. The third-order valence-corrected chi connectivity index (χ3v) is 2.24. The van der Waals surface area contributed by atoms with Gasteiger partial charge in [0, 0.05) is 24.3 Å². The van der Waals surface area contributed by atoms with Crippen molar-refractivity contribution in [2.75, 3.05) is 0 Å². The number of aromatic nitrogens is 2. The first kappa shape index (κ1) is 8.90. The SMILES string of the molecule is NCc1ccnc2c1ccn2CC=O. The van der Waals surface area contributed by atoms with Crippen LogP contribution < -0.4 is 5.73 Å². The number of hydrogen-bond acceptors (Lipinski definition) is 3. The summed E-state index contributed by atoms with van der Waals surface area (Å²) in [6, 6.07) is 3.83. The lowest BCUT2D eigenvalue weighted by Crippen LogP contribution is -2.00. The maximum Gasteiger partial charge on any atom is 0.140 e. The summed E-state index contributed by atoms with van der Waals surface area (Å²) in [6.45, 7) is 0.828. The molecule has 0 saturated carbocycles. The highest BCUT2D eigenvalue weighted by atomic mass is 16.1. The van der Waals surface area contributed by atoms with Crippen LogP contribution in [-0.2, 0) is 17.9 Å². The summed E-state index contributed by atoms with van der Waals surface area (Å²) < 4.78 is 1.81. The lowest BCUT2D eigenvalue weighted by molar-refractivity contribution is -0.108. The molecule has 2 aromatic rings. The molecule has 4 nitrogen and oxygen atoms in total. The number of hydrogen-bond donors (Lipinski definition) is 1. The van der Waals surface area contributed by atoms with Gasteiger partial charge in [0.05, 0.1) is 6.54 Å². The molecule has 0 bridgehead atoms. The third-order valence-electron chi connectivity index (χ3n) is 2.24. The minimum absolute atomic E-state index is 0.338. The first-order valence-corrected chi connectivity index (χ1v) is 4.43. The lowest BCUT2D eigenvalue weighted by atomic mass is 10.2. The molecule has 0 radical (unpaired) electrons. The number of nitrogens with zero attached hydrogens (tertiary/aromatic N) is 2. The van der Waals surface area contributed by atoms with Gasteiger partial charge in [-0.1, -0.05) is 0 Å². The van der Waals surface area contributed by atoms with Crippen LogP contribution in [0.2, 0.25) is 0 Å².